The summed E-state index contributed by atoms with van der Waals surface area (Å²) in [5.41, 5.74) is 5.26. The fourth-order valence-electron chi connectivity index (χ4n) is 2.87. The van der Waals surface area contributed by atoms with Gasteiger partial charge in [-0.15, -0.1) is 0 Å². The Hall–Kier alpha value is -0.950. The molecule has 0 radical (unpaired) electrons. The fraction of sp³-hybridized carbons (Fsp3) is 0.800. The number of hydrogen-bond acceptors (Lipinski definition) is 5. The molecule has 1 aliphatic heterocycles. The van der Waals surface area contributed by atoms with Crippen molar-refractivity contribution in [1.82, 2.24) is 20.1 Å². The number of morpholine rings is 1. The molecule has 0 amide bonds. The minimum absolute atomic E-state index is 0.103. The van der Waals surface area contributed by atoms with Crippen LogP contribution in [0.5, 0.6) is 0 Å². The Kier molecular flexibility index (Phi) is 5.75. The lowest BCUT2D eigenvalue weighted by Crippen LogP contribution is -2.56. The van der Waals surface area contributed by atoms with E-state index in [-0.39, 0.29) is 12.1 Å². The molecule has 1 aliphatic rings. The summed E-state index contributed by atoms with van der Waals surface area (Å²) in [5.74, 6) is 5.78. The van der Waals surface area contributed by atoms with Gasteiger partial charge >= 0.3 is 0 Å². The Balaban J connectivity index is 2.03. The first-order valence-electron chi connectivity index (χ1n) is 7.88. The van der Waals surface area contributed by atoms with Crippen LogP contribution in [0.3, 0.4) is 0 Å². The van der Waals surface area contributed by atoms with E-state index in [1.165, 1.54) is 5.69 Å². The Morgan fingerprint density at radius 2 is 2.29 bits per heavy atom. The van der Waals surface area contributed by atoms with Gasteiger partial charge in [-0.1, -0.05) is 6.92 Å². The van der Waals surface area contributed by atoms with Crippen LogP contribution in [0.4, 0.5) is 0 Å². The van der Waals surface area contributed by atoms with Crippen LogP contribution in [0.2, 0.25) is 0 Å². The van der Waals surface area contributed by atoms with Crippen LogP contribution in [0, 0.1) is 0 Å². The summed E-state index contributed by atoms with van der Waals surface area (Å²) >= 11 is 0. The van der Waals surface area contributed by atoms with Gasteiger partial charge in [-0.05, 0) is 26.3 Å². The van der Waals surface area contributed by atoms with Crippen molar-refractivity contribution < 1.29 is 4.74 Å². The van der Waals surface area contributed by atoms with Crippen molar-refractivity contribution in [2.24, 2.45) is 12.9 Å². The third-order valence-corrected chi connectivity index (χ3v) is 4.34. The van der Waals surface area contributed by atoms with E-state index in [9.17, 15) is 0 Å². The number of ether oxygens (including phenoxy) is 1. The lowest BCUT2D eigenvalue weighted by atomic mass is 10.0. The molecule has 2 unspecified atom stereocenters. The largest absolute Gasteiger partial charge is 0.374 e. The van der Waals surface area contributed by atoms with Gasteiger partial charge in [0.05, 0.1) is 24.4 Å². The molecule has 0 aliphatic carbocycles. The number of aryl methyl sites for hydroxylation is 2. The van der Waals surface area contributed by atoms with E-state index in [4.69, 9.17) is 10.6 Å². The number of nitrogens with two attached hydrogens (primary N) is 1. The molecular weight excluding hydrogens is 266 g/mol. The van der Waals surface area contributed by atoms with Crippen molar-refractivity contribution in [3.63, 3.8) is 0 Å². The molecule has 1 aromatic rings. The molecule has 0 saturated carbocycles. The second kappa shape index (κ2) is 7.35. The molecule has 1 fully saturated rings. The highest BCUT2D eigenvalue weighted by Gasteiger charge is 2.29. The summed E-state index contributed by atoms with van der Waals surface area (Å²) in [6, 6.07) is 2.80. The highest BCUT2D eigenvalue weighted by molar-refractivity contribution is 5.12. The molecule has 1 saturated heterocycles. The van der Waals surface area contributed by atoms with Crippen LogP contribution in [0.15, 0.2) is 6.07 Å². The number of hydrazine groups is 1. The van der Waals surface area contributed by atoms with Gasteiger partial charge in [0.2, 0.25) is 0 Å². The third kappa shape index (κ3) is 4.03. The van der Waals surface area contributed by atoms with Gasteiger partial charge in [0, 0.05) is 38.3 Å². The van der Waals surface area contributed by atoms with Gasteiger partial charge in [-0.3, -0.25) is 20.9 Å². The first kappa shape index (κ1) is 16.4. The molecule has 0 spiro atoms. The van der Waals surface area contributed by atoms with Crippen molar-refractivity contribution in [3.05, 3.63) is 17.5 Å². The molecule has 0 aromatic carbocycles. The molecule has 6 nitrogen and oxygen atoms in total. The lowest BCUT2D eigenvalue weighted by molar-refractivity contribution is -0.0554. The normalized spacial score (nSPS) is 21.9. The van der Waals surface area contributed by atoms with Gasteiger partial charge < -0.3 is 4.74 Å². The molecular formula is C15H29N5O. The van der Waals surface area contributed by atoms with Gasteiger partial charge in [0.25, 0.3) is 0 Å². The molecule has 120 valence electrons. The SMILES string of the molecule is CCc1cc(CC(NN)C2CN(C(C)C)CCO2)n(C)n1. The number of nitrogens with one attached hydrogen (secondary N) is 1. The molecule has 3 N–H and O–H groups in total. The highest BCUT2D eigenvalue weighted by atomic mass is 16.5. The molecule has 2 atom stereocenters. The van der Waals surface area contributed by atoms with E-state index in [1.807, 2.05) is 11.7 Å². The summed E-state index contributed by atoms with van der Waals surface area (Å²) in [4.78, 5) is 2.44. The Morgan fingerprint density at radius 1 is 1.52 bits per heavy atom. The number of hydrogen-bond donors (Lipinski definition) is 2. The first-order valence-corrected chi connectivity index (χ1v) is 7.88. The Labute approximate surface area is 127 Å². The van der Waals surface area contributed by atoms with E-state index in [0.29, 0.717) is 6.04 Å². The zero-order chi connectivity index (χ0) is 15.4. The van der Waals surface area contributed by atoms with Crippen molar-refractivity contribution in [3.8, 4) is 0 Å². The standard InChI is InChI=1S/C15H29N5O/c1-5-12-8-13(19(4)18-12)9-14(17-16)15-10-20(11(2)3)6-7-21-15/h8,11,14-15,17H,5-7,9-10,16H2,1-4H3. The van der Waals surface area contributed by atoms with Crippen LogP contribution in [0.25, 0.3) is 0 Å². The van der Waals surface area contributed by atoms with Crippen molar-refractivity contribution in [2.45, 2.75) is 51.8 Å². The van der Waals surface area contributed by atoms with Crippen LogP contribution >= 0.6 is 0 Å². The van der Waals surface area contributed by atoms with Gasteiger partial charge in [0.15, 0.2) is 0 Å². The van der Waals surface area contributed by atoms with Crippen molar-refractivity contribution in [2.75, 3.05) is 19.7 Å². The quantitative estimate of drug-likeness (QED) is 0.590. The predicted octanol–water partition coefficient (Wildman–Crippen LogP) is 0.466. The number of nitrogens with zero attached hydrogens (tertiary/aromatic N) is 3. The number of rotatable bonds is 6. The lowest BCUT2D eigenvalue weighted by Gasteiger charge is -2.38. The van der Waals surface area contributed by atoms with Crippen LogP contribution in [-0.2, 0) is 24.6 Å². The second-order valence-corrected chi connectivity index (χ2v) is 6.08. The minimum Gasteiger partial charge on any atom is -0.374 e. The third-order valence-electron chi connectivity index (χ3n) is 4.34. The molecule has 21 heavy (non-hydrogen) atoms. The smallest absolute Gasteiger partial charge is 0.0872 e. The van der Waals surface area contributed by atoms with Crippen LogP contribution in [-0.4, -0.2) is 52.6 Å². The summed E-state index contributed by atoms with van der Waals surface area (Å²) in [6.45, 7) is 9.26. The van der Waals surface area contributed by atoms with E-state index >= 15 is 0 Å². The highest BCUT2D eigenvalue weighted by Crippen LogP contribution is 2.15. The molecule has 0 bridgehead atoms. The number of aromatic nitrogens is 2. The maximum Gasteiger partial charge on any atom is 0.0872 e. The van der Waals surface area contributed by atoms with Crippen LogP contribution < -0.4 is 11.3 Å². The zero-order valence-corrected chi connectivity index (χ0v) is 13.7. The molecule has 2 rings (SSSR count). The van der Waals surface area contributed by atoms with Crippen molar-refractivity contribution in [1.29, 1.82) is 0 Å². The summed E-state index contributed by atoms with van der Waals surface area (Å²) < 4.78 is 7.89. The van der Waals surface area contributed by atoms with Gasteiger partial charge in [0.1, 0.15) is 0 Å². The first-order chi connectivity index (χ1) is 10.0. The fourth-order valence-corrected chi connectivity index (χ4v) is 2.87. The van der Waals surface area contributed by atoms with Crippen molar-refractivity contribution >= 4 is 0 Å². The molecule has 1 aromatic heterocycles. The van der Waals surface area contributed by atoms with E-state index < -0.39 is 0 Å². The zero-order valence-electron chi connectivity index (χ0n) is 13.7. The van der Waals surface area contributed by atoms with E-state index in [0.717, 1.165) is 38.2 Å². The maximum absolute atomic E-state index is 5.94. The Morgan fingerprint density at radius 3 is 2.86 bits per heavy atom. The molecule has 6 heteroatoms. The summed E-state index contributed by atoms with van der Waals surface area (Å²) in [5, 5.41) is 4.50. The van der Waals surface area contributed by atoms with Gasteiger partial charge in [-0.2, -0.15) is 5.10 Å². The minimum atomic E-state index is 0.103. The predicted molar refractivity (Wildman–Crippen MR) is 83.9 cm³/mol. The van der Waals surface area contributed by atoms with E-state index in [2.05, 4.69) is 42.3 Å². The van der Waals surface area contributed by atoms with Gasteiger partial charge in [-0.25, -0.2) is 0 Å². The monoisotopic (exact) mass is 295 g/mol. The summed E-state index contributed by atoms with van der Waals surface area (Å²) in [6.07, 6.45) is 1.90. The summed E-state index contributed by atoms with van der Waals surface area (Å²) in [7, 11) is 1.99. The van der Waals surface area contributed by atoms with E-state index in [1.54, 1.807) is 0 Å². The molecule has 2 heterocycles. The average Bonchev–Trinajstić information content (AvgIpc) is 2.85. The topological polar surface area (TPSA) is 68.3 Å². The second-order valence-electron chi connectivity index (χ2n) is 6.08. The average molecular weight is 295 g/mol. The maximum atomic E-state index is 5.94. The van der Waals surface area contributed by atoms with Crippen LogP contribution in [0.1, 0.15) is 32.2 Å². The Bertz CT molecular complexity index is 445.